The molecule has 106 valence electrons. The van der Waals surface area contributed by atoms with E-state index >= 15 is 0 Å². The van der Waals surface area contributed by atoms with E-state index in [1.807, 2.05) is 25.1 Å². The second-order valence-corrected chi connectivity index (χ2v) is 4.95. The Morgan fingerprint density at radius 2 is 1.89 bits per heavy atom. The van der Waals surface area contributed by atoms with Crippen molar-refractivity contribution in [3.05, 3.63) is 23.8 Å². The number of amides is 1. The van der Waals surface area contributed by atoms with Crippen molar-refractivity contribution in [1.82, 2.24) is 5.32 Å². The monoisotopic (exact) mass is 265 g/mol. The summed E-state index contributed by atoms with van der Waals surface area (Å²) in [5, 5.41) is 2.98. The van der Waals surface area contributed by atoms with Gasteiger partial charge in [-0.3, -0.25) is 4.79 Å². The molecule has 0 bridgehead atoms. The molecule has 0 spiro atoms. The number of hydrogen-bond acceptors (Lipinski definition) is 3. The Bertz CT molecular complexity index is 429. The summed E-state index contributed by atoms with van der Waals surface area (Å²) in [6, 6.07) is 5.62. The lowest BCUT2D eigenvalue weighted by Gasteiger charge is -2.18. The number of nitrogens with one attached hydrogen (secondary N) is 1. The van der Waals surface area contributed by atoms with Gasteiger partial charge in [0.25, 0.3) is 0 Å². The van der Waals surface area contributed by atoms with Crippen LogP contribution in [0, 0.1) is 5.92 Å². The highest BCUT2D eigenvalue weighted by Crippen LogP contribution is 2.24. The van der Waals surface area contributed by atoms with Gasteiger partial charge in [-0.05, 0) is 31.0 Å². The summed E-state index contributed by atoms with van der Waals surface area (Å²) < 4.78 is 10.4. The number of carbonyl (C=O) groups is 1. The molecule has 0 aliphatic carbocycles. The van der Waals surface area contributed by atoms with Crippen molar-refractivity contribution in [2.45, 2.75) is 33.2 Å². The van der Waals surface area contributed by atoms with Crippen LogP contribution in [0.15, 0.2) is 18.2 Å². The molecule has 1 aromatic carbocycles. The summed E-state index contributed by atoms with van der Waals surface area (Å²) in [4.78, 5) is 12.0. The number of hydrogen-bond donors (Lipinski definition) is 1. The highest BCUT2D eigenvalue weighted by molar-refractivity contribution is 5.79. The SMILES string of the molecule is COc1ccc(OC)c(CC(=O)NC(C)C(C)C)c1. The first-order valence-corrected chi connectivity index (χ1v) is 6.48. The average molecular weight is 265 g/mol. The van der Waals surface area contributed by atoms with Crippen molar-refractivity contribution in [2.24, 2.45) is 5.92 Å². The van der Waals surface area contributed by atoms with Gasteiger partial charge in [0, 0.05) is 11.6 Å². The number of carbonyl (C=O) groups excluding carboxylic acids is 1. The van der Waals surface area contributed by atoms with Crippen molar-refractivity contribution in [3.8, 4) is 11.5 Å². The Labute approximate surface area is 115 Å². The molecule has 0 aromatic heterocycles. The molecule has 4 nitrogen and oxygen atoms in total. The lowest BCUT2D eigenvalue weighted by Crippen LogP contribution is -2.37. The van der Waals surface area contributed by atoms with Gasteiger partial charge in [0.2, 0.25) is 5.91 Å². The third-order valence-corrected chi connectivity index (χ3v) is 3.23. The van der Waals surface area contributed by atoms with Crippen LogP contribution in [-0.4, -0.2) is 26.2 Å². The molecule has 0 fully saturated rings. The number of methoxy groups -OCH3 is 2. The highest BCUT2D eigenvalue weighted by atomic mass is 16.5. The zero-order chi connectivity index (χ0) is 14.4. The molecule has 0 aliphatic heterocycles. The van der Waals surface area contributed by atoms with Gasteiger partial charge in [-0.2, -0.15) is 0 Å². The molecule has 1 unspecified atom stereocenters. The fourth-order valence-electron chi connectivity index (χ4n) is 1.66. The third-order valence-electron chi connectivity index (χ3n) is 3.23. The van der Waals surface area contributed by atoms with Crippen molar-refractivity contribution in [2.75, 3.05) is 14.2 Å². The van der Waals surface area contributed by atoms with Gasteiger partial charge in [0.05, 0.1) is 20.6 Å². The van der Waals surface area contributed by atoms with Crippen LogP contribution in [0.2, 0.25) is 0 Å². The van der Waals surface area contributed by atoms with Crippen molar-refractivity contribution < 1.29 is 14.3 Å². The molecule has 1 aromatic rings. The quantitative estimate of drug-likeness (QED) is 0.859. The second-order valence-electron chi connectivity index (χ2n) is 4.95. The normalized spacial score (nSPS) is 12.1. The molecule has 0 heterocycles. The maximum Gasteiger partial charge on any atom is 0.224 e. The minimum Gasteiger partial charge on any atom is -0.497 e. The van der Waals surface area contributed by atoms with Crippen LogP contribution in [0.3, 0.4) is 0 Å². The van der Waals surface area contributed by atoms with Crippen molar-refractivity contribution in [1.29, 1.82) is 0 Å². The molecule has 0 radical (unpaired) electrons. The maximum atomic E-state index is 12.0. The molecule has 0 saturated heterocycles. The Morgan fingerprint density at radius 1 is 1.21 bits per heavy atom. The van der Waals surface area contributed by atoms with E-state index in [0.717, 1.165) is 11.3 Å². The predicted octanol–water partition coefficient (Wildman–Crippen LogP) is 2.41. The van der Waals surface area contributed by atoms with E-state index in [1.54, 1.807) is 14.2 Å². The van der Waals surface area contributed by atoms with Crippen LogP contribution >= 0.6 is 0 Å². The van der Waals surface area contributed by atoms with Gasteiger partial charge in [0.1, 0.15) is 11.5 Å². The maximum absolute atomic E-state index is 12.0. The standard InChI is InChI=1S/C15H23NO3/c1-10(2)11(3)16-15(17)9-12-8-13(18-4)6-7-14(12)19-5/h6-8,10-11H,9H2,1-5H3,(H,16,17). The van der Waals surface area contributed by atoms with Crippen LogP contribution in [0.1, 0.15) is 26.3 Å². The smallest absolute Gasteiger partial charge is 0.224 e. The second kappa shape index (κ2) is 7.02. The van der Waals surface area contributed by atoms with E-state index in [1.165, 1.54) is 0 Å². The van der Waals surface area contributed by atoms with E-state index in [2.05, 4.69) is 19.2 Å². The third kappa shape index (κ3) is 4.47. The first-order chi connectivity index (χ1) is 8.97. The summed E-state index contributed by atoms with van der Waals surface area (Å²) in [6.45, 7) is 6.17. The average Bonchev–Trinajstić information content (AvgIpc) is 2.38. The van der Waals surface area contributed by atoms with Gasteiger partial charge in [-0.25, -0.2) is 0 Å². The number of benzene rings is 1. The van der Waals surface area contributed by atoms with Gasteiger partial charge in [-0.1, -0.05) is 13.8 Å². The summed E-state index contributed by atoms with van der Waals surface area (Å²) in [7, 11) is 3.20. The van der Waals surface area contributed by atoms with E-state index in [4.69, 9.17) is 9.47 Å². The van der Waals surface area contributed by atoms with Crippen LogP contribution in [0.4, 0.5) is 0 Å². The summed E-state index contributed by atoms with van der Waals surface area (Å²) >= 11 is 0. The molecular formula is C15H23NO3. The van der Waals surface area contributed by atoms with Crippen LogP contribution in [-0.2, 0) is 11.2 Å². The molecule has 1 atom stereocenters. The summed E-state index contributed by atoms with van der Waals surface area (Å²) in [5.74, 6) is 1.83. The van der Waals surface area contributed by atoms with E-state index in [9.17, 15) is 4.79 Å². The summed E-state index contributed by atoms with van der Waals surface area (Å²) in [5.41, 5.74) is 0.829. The Hall–Kier alpha value is -1.71. The number of ether oxygens (including phenoxy) is 2. The van der Waals surface area contributed by atoms with Gasteiger partial charge >= 0.3 is 0 Å². The van der Waals surface area contributed by atoms with E-state index in [-0.39, 0.29) is 18.4 Å². The zero-order valence-corrected chi connectivity index (χ0v) is 12.3. The lowest BCUT2D eigenvalue weighted by molar-refractivity contribution is -0.121. The molecule has 4 heteroatoms. The Morgan fingerprint density at radius 3 is 2.42 bits per heavy atom. The van der Waals surface area contributed by atoms with Gasteiger partial charge in [0.15, 0.2) is 0 Å². The molecule has 19 heavy (non-hydrogen) atoms. The topological polar surface area (TPSA) is 47.6 Å². The minimum absolute atomic E-state index is 0.00671. The van der Waals surface area contributed by atoms with Crippen LogP contribution < -0.4 is 14.8 Å². The highest BCUT2D eigenvalue weighted by Gasteiger charge is 2.14. The minimum atomic E-state index is -0.00671. The predicted molar refractivity (Wildman–Crippen MR) is 75.7 cm³/mol. The molecule has 1 rings (SSSR count). The van der Waals surface area contributed by atoms with Gasteiger partial charge < -0.3 is 14.8 Å². The first-order valence-electron chi connectivity index (χ1n) is 6.48. The van der Waals surface area contributed by atoms with Gasteiger partial charge in [-0.15, -0.1) is 0 Å². The fraction of sp³-hybridized carbons (Fsp3) is 0.533. The van der Waals surface area contributed by atoms with Crippen molar-refractivity contribution in [3.63, 3.8) is 0 Å². The zero-order valence-electron chi connectivity index (χ0n) is 12.3. The fourth-order valence-corrected chi connectivity index (χ4v) is 1.66. The largest absolute Gasteiger partial charge is 0.497 e. The van der Waals surface area contributed by atoms with E-state index < -0.39 is 0 Å². The Kier molecular flexibility index (Phi) is 5.67. The van der Waals surface area contributed by atoms with Crippen molar-refractivity contribution >= 4 is 5.91 Å². The van der Waals surface area contributed by atoms with E-state index in [0.29, 0.717) is 11.7 Å². The number of rotatable bonds is 6. The lowest BCUT2D eigenvalue weighted by atomic mass is 10.1. The summed E-state index contributed by atoms with van der Waals surface area (Å²) in [6.07, 6.45) is 0.289. The molecule has 0 aliphatic rings. The van der Waals surface area contributed by atoms with Crippen LogP contribution in [0.5, 0.6) is 11.5 Å². The first kappa shape index (κ1) is 15.3. The molecule has 1 amide bonds. The van der Waals surface area contributed by atoms with Crippen LogP contribution in [0.25, 0.3) is 0 Å². The molecule has 0 saturated carbocycles. The Balaban J connectivity index is 2.77. The molecular weight excluding hydrogens is 242 g/mol. The molecule has 1 N–H and O–H groups in total.